The number of amides is 1. The molecule has 0 aliphatic heterocycles. The smallest absolute Gasteiger partial charge is 0.255 e. The molecule has 0 unspecified atom stereocenters. The first-order chi connectivity index (χ1) is 15.8. The fourth-order valence-corrected chi connectivity index (χ4v) is 4.60. The van der Waals surface area contributed by atoms with Gasteiger partial charge in [-0.3, -0.25) is 4.79 Å². The average molecular weight is 525 g/mol. The van der Waals surface area contributed by atoms with Gasteiger partial charge in [0, 0.05) is 11.6 Å². The van der Waals surface area contributed by atoms with Crippen molar-refractivity contribution >= 4 is 39.8 Å². The summed E-state index contributed by atoms with van der Waals surface area (Å²) < 4.78 is 30.9. The summed E-state index contributed by atoms with van der Waals surface area (Å²) in [5.74, 6) is -0.254. The minimum absolute atomic E-state index is 0. The Kier molecular flexibility index (Phi) is 10.3. The minimum Gasteiger partial charge on any atom is -0.484 e. The number of primary amides is 1. The Morgan fingerprint density at radius 3 is 2.24 bits per heavy atom. The standard InChI is InChI=1S/C24H25ClN2O5S.ClH/c25-19-3-1-2-18(14-19)23(28)15-27-13-12-17-4-8-21(9-5-17)33(30,31)22-10-6-20(7-11-22)32-16-24(26)29;/h1-11,14,23,27-28H,12-13,15-16H2,(H2,26,29);1H/t23-;/m0./s1. The zero-order chi connectivity index (χ0) is 23.8. The molecule has 0 aliphatic rings. The Balaban J connectivity index is 0.00000408. The molecule has 0 spiro atoms. The SMILES string of the molecule is Cl.NC(=O)COc1ccc(S(=O)(=O)c2ccc(CCNC[C@H](O)c3cccc(Cl)c3)cc2)cc1. The number of sulfone groups is 1. The van der Waals surface area contributed by atoms with Gasteiger partial charge in [0.1, 0.15) is 5.75 Å². The number of ether oxygens (including phenoxy) is 1. The maximum atomic E-state index is 12.9. The highest BCUT2D eigenvalue weighted by Gasteiger charge is 2.17. The van der Waals surface area contributed by atoms with Crippen molar-refractivity contribution in [1.29, 1.82) is 0 Å². The molecule has 4 N–H and O–H groups in total. The number of carbonyl (C=O) groups excluding carboxylic acids is 1. The zero-order valence-electron chi connectivity index (χ0n) is 18.2. The summed E-state index contributed by atoms with van der Waals surface area (Å²) in [6.07, 6.45) is 0.0119. The molecule has 0 bridgehead atoms. The summed E-state index contributed by atoms with van der Waals surface area (Å²) in [6.45, 7) is 0.727. The second-order valence-corrected chi connectivity index (χ2v) is 9.78. The van der Waals surface area contributed by atoms with Crippen molar-refractivity contribution < 1.29 is 23.1 Å². The molecule has 0 aromatic heterocycles. The van der Waals surface area contributed by atoms with Crippen LogP contribution in [0.5, 0.6) is 5.75 Å². The lowest BCUT2D eigenvalue weighted by Crippen LogP contribution is -2.23. The van der Waals surface area contributed by atoms with E-state index >= 15 is 0 Å². The number of aliphatic hydroxyl groups excluding tert-OH is 1. The van der Waals surface area contributed by atoms with Crippen LogP contribution in [-0.4, -0.2) is 39.1 Å². The van der Waals surface area contributed by atoms with Gasteiger partial charge in [-0.25, -0.2) is 8.42 Å². The van der Waals surface area contributed by atoms with Gasteiger partial charge in [0.15, 0.2) is 6.61 Å². The summed E-state index contributed by atoms with van der Waals surface area (Å²) in [5, 5.41) is 14.0. The average Bonchev–Trinajstić information content (AvgIpc) is 2.81. The molecule has 7 nitrogen and oxygen atoms in total. The van der Waals surface area contributed by atoms with Crippen molar-refractivity contribution in [3.8, 4) is 5.75 Å². The topological polar surface area (TPSA) is 119 Å². The van der Waals surface area contributed by atoms with Crippen molar-refractivity contribution in [2.24, 2.45) is 5.73 Å². The van der Waals surface area contributed by atoms with Gasteiger partial charge < -0.3 is 20.9 Å². The number of rotatable bonds is 11. The van der Waals surface area contributed by atoms with Crippen LogP contribution in [0.1, 0.15) is 17.2 Å². The lowest BCUT2D eigenvalue weighted by molar-refractivity contribution is -0.119. The van der Waals surface area contributed by atoms with E-state index in [1.54, 1.807) is 42.5 Å². The van der Waals surface area contributed by atoms with E-state index < -0.39 is 21.8 Å². The van der Waals surface area contributed by atoms with Crippen molar-refractivity contribution in [1.82, 2.24) is 5.32 Å². The van der Waals surface area contributed by atoms with E-state index in [2.05, 4.69) is 5.32 Å². The Labute approximate surface area is 210 Å². The Hall–Kier alpha value is -2.62. The third kappa shape index (κ3) is 7.72. The first-order valence-corrected chi connectivity index (χ1v) is 12.1. The number of halogens is 2. The number of benzene rings is 3. The van der Waals surface area contributed by atoms with Gasteiger partial charge in [0.25, 0.3) is 5.91 Å². The molecule has 1 amide bonds. The van der Waals surface area contributed by atoms with E-state index in [0.717, 1.165) is 11.1 Å². The summed E-state index contributed by atoms with van der Waals surface area (Å²) >= 11 is 5.95. The van der Waals surface area contributed by atoms with Crippen LogP contribution < -0.4 is 15.8 Å². The monoisotopic (exact) mass is 524 g/mol. The second-order valence-electron chi connectivity index (χ2n) is 7.40. The van der Waals surface area contributed by atoms with Crippen LogP contribution >= 0.6 is 24.0 Å². The number of hydrogen-bond acceptors (Lipinski definition) is 6. The normalized spacial score (nSPS) is 11.9. The molecule has 0 aliphatic carbocycles. The Morgan fingerprint density at radius 1 is 1.03 bits per heavy atom. The van der Waals surface area contributed by atoms with E-state index in [9.17, 15) is 18.3 Å². The van der Waals surface area contributed by atoms with E-state index in [-0.39, 0.29) is 28.8 Å². The molecule has 1 atom stereocenters. The number of aliphatic hydroxyl groups is 1. The maximum absolute atomic E-state index is 12.9. The van der Waals surface area contributed by atoms with Gasteiger partial charge in [-0.2, -0.15) is 0 Å². The summed E-state index contributed by atoms with van der Waals surface area (Å²) in [7, 11) is -3.68. The van der Waals surface area contributed by atoms with E-state index in [1.807, 2.05) is 6.07 Å². The zero-order valence-corrected chi connectivity index (χ0v) is 20.6. The molecule has 0 saturated heterocycles. The van der Waals surface area contributed by atoms with Crippen LogP contribution in [0, 0.1) is 0 Å². The number of nitrogens with two attached hydrogens (primary N) is 1. The van der Waals surface area contributed by atoms with Crippen LogP contribution in [0.4, 0.5) is 0 Å². The van der Waals surface area contributed by atoms with Gasteiger partial charge in [0.05, 0.1) is 15.9 Å². The largest absolute Gasteiger partial charge is 0.484 e. The van der Waals surface area contributed by atoms with E-state index in [4.69, 9.17) is 22.1 Å². The third-order valence-electron chi connectivity index (χ3n) is 4.91. The lowest BCUT2D eigenvalue weighted by Gasteiger charge is -2.13. The van der Waals surface area contributed by atoms with Crippen LogP contribution in [0.25, 0.3) is 0 Å². The van der Waals surface area contributed by atoms with Gasteiger partial charge >= 0.3 is 0 Å². The molecular formula is C24H26Cl2N2O5S. The number of nitrogens with one attached hydrogen (secondary N) is 1. The van der Waals surface area contributed by atoms with Crippen molar-refractivity contribution in [3.05, 3.63) is 88.9 Å². The number of hydrogen-bond donors (Lipinski definition) is 3. The summed E-state index contributed by atoms with van der Waals surface area (Å²) in [4.78, 5) is 11.1. The van der Waals surface area contributed by atoms with Crippen LogP contribution in [0.3, 0.4) is 0 Å². The highest BCUT2D eigenvalue weighted by atomic mass is 35.5. The van der Waals surface area contributed by atoms with E-state index in [1.165, 1.54) is 24.3 Å². The molecule has 34 heavy (non-hydrogen) atoms. The maximum Gasteiger partial charge on any atom is 0.255 e. The number of carbonyl (C=O) groups is 1. The fraction of sp³-hybridized carbons (Fsp3) is 0.208. The Morgan fingerprint density at radius 2 is 1.65 bits per heavy atom. The first kappa shape index (κ1) is 27.6. The molecule has 182 valence electrons. The molecule has 3 aromatic carbocycles. The van der Waals surface area contributed by atoms with Gasteiger partial charge in [-0.05, 0) is 72.6 Å². The molecular weight excluding hydrogens is 499 g/mol. The van der Waals surface area contributed by atoms with Crippen molar-refractivity contribution in [3.63, 3.8) is 0 Å². The fourth-order valence-electron chi connectivity index (χ4n) is 3.14. The highest BCUT2D eigenvalue weighted by molar-refractivity contribution is 7.91. The summed E-state index contributed by atoms with van der Waals surface area (Å²) in [5.41, 5.74) is 6.74. The first-order valence-electron chi connectivity index (χ1n) is 10.2. The molecule has 0 saturated carbocycles. The van der Waals surface area contributed by atoms with Crippen molar-refractivity contribution in [2.75, 3.05) is 19.7 Å². The molecule has 0 fully saturated rings. The summed E-state index contributed by atoms with van der Waals surface area (Å²) in [6, 6.07) is 19.6. The molecule has 3 aromatic rings. The molecule has 0 heterocycles. The highest BCUT2D eigenvalue weighted by Crippen LogP contribution is 2.23. The lowest BCUT2D eigenvalue weighted by atomic mass is 10.1. The molecule has 10 heteroatoms. The Bertz CT molecular complexity index is 1190. The van der Waals surface area contributed by atoms with Gasteiger partial charge in [0.2, 0.25) is 9.84 Å². The van der Waals surface area contributed by atoms with Crippen LogP contribution in [-0.2, 0) is 21.1 Å². The van der Waals surface area contributed by atoms with Gasteiger partial charge in [-0.1, -0.05) is 35.9 Å². The second kappa shape index (κ2) is 12.7. The molecule has 0 radical (unpaired) electrons. The minimum atomic E-state index is -3.68. The predicted molar refractivity (Wildman–Crippen MR) is 133 cm³/mol. The third-order valence-corrected chi connectivity index (χ3v) is 6.93. The predicted octanol–water partition coefficient (Wildman–Crippen LogP) is 3.32. The molecule has 3 rings (SSSR count). The van der Waals surface area contributed by atoms with Crippen LogP contribution in [0.15, 0.2) is 82.6 Å². The van der Waals surface area contributed by atoms with Crippen LogP contribution in [0.2, 0.25) is 5.02 Å². The quantitative estimate of drug-likeness (QED) is 0.331. The van der Waals surface area contributed by atoms with Crippen molar-refractivity contribution in [2.45, 2.75) is 22.3 Å². The van der Waals surface area contributed by atoms with Gasteiger partial charge in [-0.15, -0.1) is 12.4 Å². The van der Waals surface area contributed by atoms with E-state index in [0.29, 0.717) is 30.3 Å².